The van der Waals surface area contributed by atoms with E-state index in [1.807, 2.05) is 18.4 Å². The summed E-state index contributed by atoms with van der Waals surface area (Å²) in [6.07, 6.45) is 1.75. The second-order valence-corrected chi connectivity index (χ2v) is 6.14. The Morgan fingerprint density at radius 2 is 2.23 bits per heavy atom. The van der Waals surface area contributed by atoms with Gasteiger partial charge in [0.2, 0.25) is 0 Å². The van der Waals surface area contributed by atoms with E-state index in [1.165, 1.54) is 4.88 Å². The van der Waals surface area contributed by atoms with E-state index in [4.69, 9.17) is 16.3 Å². The third-order valence-corrected chi connectivity index (χ3v) is 4.12. The lowest BCUT2D eigenvalue weighted by Gasteiger charge is -2.10. The summed E-state index contributed by atoms with van der Waals surface area (Å²) in [5.74, 6) is 0.632. The minimum atomic E-state index is -0.241. The van der Waals surface area contributed by atoms with E-state index in [-0.39, 0.29) is 6.03 Å². The Labute approximate surface area is 139 Å². The van der Waals surface area contributed by atoms with Gasteiger partial charge in [0.15, 0.2) is 0 Å². The van der Waals surface area contributed by atoms with Gasteiger partial charge >= 0.3 is 6.03 Å². The molecule has 2 N–H and O–H groups in total. The average Bonchev–Trinajstić information content (AvgIpc) is 3.00. The van der Waals surface area contributed by atoms with Crippen LogP contribution in [0.3, 0.4) is 0 Å². The molecule has 4 nitrogen and oxygen atoms in total. The number of benzene rings is 1. The number of halogens is 1. The molecule has 0 saturated carbocycles. The summed E-state index contributed by atoms with van der Waals surface area (Å²) in [7, 11) is 0. The highest BCUT2D eigenvalue weighted by atomic mass is 35.5. The van der Waals surface area contributed by atoms with E-state index < -0.39 is 0 Å². The summed E-state index contributed by atoms with van der Waals surface area (Å²) in [6.45, 7) is 3.25. The fraction of sp³-hybridized carbons (Fsp3) is 0.312. The predicted molar refractivity (Wildman–Crippen MR) is 92.3 cm³/mol. The highest BCUT2D eigenvalue weighted by Crippen LogP contribution is 2.27. The lowest BCUT2D eigenvalue weighted by Crippen LogP contribution is -2.30. The Morgan fingerprint density at radius 1 is 1.36 bits per heavy atom. The molecule has 0 saturated heterocycles. The van der Waals surface area contributed by atoms with Crippen molar-refractivity contribution in [3.8, 4) is 5.75 Å². The van der Waals surface area contributed by atoms with Crippen molar-refractivity contribution in [2.24, 2.45) is 0 Å². The van der Waals surface area contributed by atoms with Crippen LogP contribution in [0.5, 0.6) is 5.75 Å². The van der Waals surface area contributed by atoms with Crippen LogP contribution in [0.1, 0.15) is 18.2 Å². The number of rotatable bonds is 7. The van der Waals surface area contributed by atoms with Gasteiger partial charge in [-0.2, -0.15) is 0 Å². The van der Waals surface area contributed by atoms with Crippen LogP contribution in [-0.4, -0.2) is 19.2 Å². The van der Waals surface area contributed by atoms with Crippen molar-refractivity contribution in [2.75, 3.05) is 18.5 Å². The maximum absolute atomic E-state index is 11.8. The molecule has 2 rings (SSSR count). The predicted octanol–water partition coefficient (Wildman–Crippen LogP) is 4.55. The zero-order valence-corrected chi connectivity index (χ0v) is 14.0. The van der Waals surface area contributed by atoms with Gasteiger partial charge in [-0.3, -0.25) is 0 Å². The SMILES string of the molecule is CCCOc1ccc(NC(=O)NCCc2cccs2)cc1Cl. The third-order valence-electron chi connectivity index (χ3n) is 2.89. The molecule has 118 valence electrons. The monoisotopic (exact) mass is 338 g/mol. The van der Waals surface area contributed by atoms with Gasteiger partial charge < -0.3 is 15.4 Å². The van der Waals surface area contributed by atoms with Gasteiger partial charge in [-0.1, -0.05) is 24.6 Å². The van der Waals surface area contributed by atoms with Gasteiger partial charge in [0.25, 0.3) is 0 Å². The van der Waals surface area contributed by atoms with E-state index in [0.717, 1.165) is 12.8 Å². The standard InChI is InChI=1S/C16H19ClN2O2S/c1-2-9-21-15-6-5-12(11-14(15)17)19-16(20)18-8-7-13-4-3-10-22-13/h3-6,10-11H,2,7-9H2,1H3,(H2,18,19,20). The lowest BCUT2D eigenvalue weighted by atomic mass is 10.3. The summed E-state index contributed by atoms with van der Waals surface area (Å²) in [5, 5.41) is 8.10. The largest absolute Gasteiger partial charge is 0.492 e. The molecule has 0 atom stereocenters. The first-order chi connectivity index (χ1) is 10.7. The summed E-state index contributed by atoms with van der Waals surface area (Å²) >= 11 is 7.81. The first-order valence-corrected chi connectivity index (χ1v) is 8.44. The van der Waals surface area contributed by atoms with Crippen LogP contribution < -0.4 is 15.4 Å². The molecule has 0 unspecified atom stereocenters. The van der Waals surface area contributed by atoms with Gasteiger partial charge in [-0.25, -0.2) is 4.79 Å². The fourth-order valence-electron chi connectivity index (χ4n) is 1.84. The van der Waals surface area contributed by atoms with E-state index in [1.54, 1.807) is 29.5 Å². The van der Waals surface area contributed by atoms with Crippen molar-refractivity contribution in [1.82, 2.24) is 5.32 Å². The molecule has 1 aromatic carbocycles. The molecule has 1 aromatic heterocycles. The molecular formula is C16H19ClN2O2S. The zero-order chi connectivity index (χ0) is 15.8. The van der Waals surface area contributed by atoms with Crippen molar-refractivity contribution in [2.45, 2.75) is 19.8 Å². The number of hydrogen-bond acceptors (Lipinski definition) is 3. The van der Waals surface area contributed by atoms with Gasteiger partial charge in [0, 0.05) is 17.1 Å². The molecule has 1 heterocycles. The normalized spacial score (nSPS) is 10.3. The first-order valence-electron chi connectivity index (χ1n) is 7.18. The van der Waals surface area contributed by atoms with Gasteiger partial charge in [-0.05, 0) is 42.5 Å². The van der Waals surface area contributed by atoms with Crippen LogP contribution in [-0.2, 0) is 6.42 Å². The summed E-state index contributed by atoms with van der Waals surface area (Å²) in [6, 6.07) is 9.04. The van der Waals surface area contributed by atoms with Crippen LogP contribution in [0.25, 0.3) is 0 Å². The molecule has 0 radical (unpaired) electrons. The zero-order valence-electron chi connectivity index (χ0n) is 12.4. The van der Waals surface area contributed by atoms with E-state index in [0.29, 0.717) is 29.6 Å². The van der Waals surface area contributed by atoms with Gasteiger partial charge in [-0.15, -0.1) is 11.3 Å². The Kier molecular flexibility index (Phi) is 6.55. The maximum Gasteiger partial charge on any atom is 0.319 e. The molecule has 0 spiro atoms. The second-order valence-electron chi connectivity index (χ2n) is 4.70. The fourth-order valence-corrected chi connectivity index (χ4v) is 2.78. The number of amides is 2. The van der Waals surface area contributed by atoms with E-state index in [9.17, 15) is 4.79 Å². The Bertz CT molecular complexity index is 602. The Balaban J connectivity index is 1.79. The molecule has 6 heteroatoms. The number of anilines is 1. The number of thiophene rings is 1. The molecule has 0 aliphatic rings. The number of urea groups is 1. The quantitative estimate of drug-likeness (QED) is 0.777. The van der Waals surface area contributed by atoms with Gasteiger partial charge in [0.1, 0.15) is 5.75 Å². The minimum absolute atomic E-state index is 0.241. The van der Waals surface area contributed by atoms with Crippen molar-refractivity contribution < 1.29 is 9.53 Å². The number of carbonyl (C=O) groups is 1. The molecule has 0 bridgehead atoms. The molecule has 0 aliphatic heterocycles. The van der Waals surface area contributed by atoms with Crippen LogP contribution >= 0.6 is 22.9 Å². The number of ether oxygens (including phenoxy) is 1. The highest BCUT2D eigenvalue weighted by molar-refractivity contribution is 7.09. The smallest absolute Gasteiger partial charge is 0.319 e. The van der Waals surface area contributed by atoms with E-state index in [2.05, 4.69) is 16.7 Å². The van der Waals surface area contributed by atoms with Crippen LogP contribution in [0.4, 0.5) is 10.5 Å². The molecule has 0 fully saturated rings. The maximum atomic E-state index is 11.8. The van der Waals surface area contributed by atoms with Crippen LogP contribution in [0.15, 0.2) is 35.7 Å². The van der Waals surface area contributed by atoms with Crippen LogP contribution in [0.2, 0.25) is 5.02 Å². The molecule has 2 aromatic rings. The summed E-state index contributed by atoms with van der Waals surface area (Å²) in [5.41, 5.74) is 0.641. The van der Waals surface area contributed by atoms with Gasteiger partial charge in [0.05, 0.1) is 11.6 Å². The number of nitrogens with one attached hydrogen (secondary N) is 2. The van der Waals surface area contributed by atoms with Crippen LogP contribution in [0, 0.1) is 0 Å². The molecule has 2 amide bonds. The summed E-state index contributed by atoms with van der Waals surface area (Å²) in [4.78, 5) is 13.1. The lowest BCUT2D eigenvalue weighted by molar-refractivity contribution is 0.252. The highest BCUT2D eigenvalue weighted by Gasteiger charge is 2.06. The van der Waals surface area contributed by atoms with Crippen molar-refractivity contribution in [3.63, 3.8) is 0 Å². The third kappa shape index (κ3) is 5.24. The minimum Gasteiger partial charge on any atom is -0.492 e. The average molecular weight is 339 g/mol. The Morgan fingerprint density at radius 3 is 2.91 bits per heavy atom. The summed E-state index contributed by atoms with van der Waals surface area (Å²) < 4.78 is 5.49. The second kappa shape index (κ2) is 8.66. The van der Waals surface area contributed by atoms with Crippen molar-refractivity contribution in [1.29, 1.82) is 0 Å². The van der Waals surface area contributed by atoms with Crippen molar-refractivity contribution in [3.05, 3.63) is 45.6 Å². The number of carbonyl (C=O) groups excluding carboxylic acids is 1. The molecule has 0 aliphatic carbocycles. The molecule has 22 heavy (non-hydrogen) atoms. The Hall–Kier alpha value is -1.72. The van der Waals surface area contributed by atoms with E-state index >= 15 is 0 Å². The van der Waals surface area contributed by atoms with Crippen molar-refractivity contribution >= 4 is 34.7 Å². The molecular weight excluding hydrogens is 320 g/mol. The topological polar surface area (TPSA) is 50.4 Å². The number of hydrogen-bond donors (Lipinski definition) is 2. The first kappa shape index (κ1) is 16.6.